The van der Waals surface area contributed by atoms with Crippen molar-refractivity contribution in [1.29, 1.82) is 0 Å². The van der Waals surface area contributed by atoms with Gasteiger partial charge in [0.1, 0.15) is 11.5 Å². The third-order valence-corrected chi connectivity index (χ3v) is 4.97. The van der Waals surface area contributed by atoms with Gasteiger partial charge in [-0.2, -0.15) is 0 Å². The number of methoxy groups -OCH3 is 1. The van der Waals surface area contributed by atoms with E-state index in [9.17, 15) is 9.59 Å². The Morgan fingerprint density at radius 2 is 2.00 bits per heavy atom. The molecule has 0 aromatic heterocycles. The average molecular weight is 344 g/mol. The molecule has 2 rings (SSSR count). The van der Waals surface area contributed by atoms with Gasteiger partial charge < -0.3 is 9.84 Å². The minimum absolute atomic E-state index is 0.116. The van der Waals surface area contributed by atoms with Gasteiger partial charge in [-0.15, -0.1) is 0 Å². The molecule has 4 heteroatoms. The highest BCUT2D eigenvalue weighted by Gasteiger charge is 2.32. The van der Waals surface area contributed by atoms with Gasteiger partial charge >= 0.3 is 5.97 Å². The number of benzene rings is 1. The maximum atomic E-state index is 12.2. The normalized spacial score (nSPS) is 20.3. The fraction of sp³-hybridized carbons (Fsp3) is 0.524. The van der Waals surface area contributed by atoms with Gasteiger partial charge in [0.15, 0.2) is 0 Å². The Morgan fingerprint density at radius 3 is 2.76 bits per heavy atom. The average Bonchev–Trinajstić information content (AvgIpc) is 2.96. The summed E-state index contributed by atoms with van der Waals surface area (Å²) in [5.74, 6) is 0.910. The zero-order valence-electron chi connectivity index (χ0n) is 14.9. The molecule has 2 atom stereocenters. The molecule has 4 nitrogen and oxygen atoms in total. The lowest BCUT2D eigenvalue weighted by Crippen LogP contribution is -2.13. The smallest absolute Gasteiger partial charge is 0.303 e. The number of rotatable bonds is 10. The maximum Gasteiger partial charge on any atom is 0.303 e. The summed E-state index contributed by atoms with van der Waals surface area (Å²) in [7, 11) is 1.67. The number of Topliss-reactive ketones (excluding diaryl/α,β-unsaturated/α-hetero) is 1. The molecule has 0 spiro atoms. The number of hydrogen-bond donors (Lipinski definition) is 1. The number of unbranched alkanes of at least 4 members (excludes halogenated alkanes) is 3. The van der Waals surface area contributed by atoms with Crippen LogP contribution in [0.5, 0.6) is 5.75 Å². The van der Waals surface area contributed by atoms with Crippen LogP contribution in [0.25, 0.3) is 6.08 Å². The molecule has 0 heterocycles. The number of carbonyl (C=O) groups is 2. The first kappa shape index (κ1) is 19.2. The van der Waals surface area contributed by atoms with Gasteiger partial charge in [-0.1, -0.05) is 49.6 Å². The van der Waals surface area contributed by atoms with Crippen molar-refractivity contribution < 1.29 is 19.4 Å². The van der Waals surface area contributed by atoms with Crippen molar-refractivity contribution in [2.75, 3.05) is 7.11 Å². The van der Waals surface area contributed by atoms with Crippen LogP contribution < -0.4 is 4.74 Å². The molecule has 0 aliphatic heterocycles. The van der Waals surface area contributed by atoms with Gasteiger partial charge in [0.05, 0.1) is 7.11 Å². The van der Waals surface area contributed by atoms with E-state index >= 15 is 0 Å². The van der Waals surface area contributed by atoms with E-state index in [1.54, 1.807) is 7.11 Å². The van der Waals surface area contributed by atoms with Crippen LogP contribution >= 0.6 is 0 Å². The lowest BCUT2D eigenvalue weighted by molar-refractivity contribution is -0.137. The van der Waals surface area contributed by atoms with Gasteiger partial charge in [-0.05, 0) is 31.2 Å². The van der Waals surface area contributed by atoms with E-state index in [1.807, 2.05) is 24.3 Å². The van der Waals surface area contributed by atoms with Gasteiger partial charge in [0.2, 0.25) is 0 Å². The molecule has 1 saturated carbocycles. The first-order chi connectivity index (χ1) is 12.1. The van der Waals surface area contributed by atoms with Crippen molar-refractivity contribution in [2.24, 2.45) is 11.8 Å². The van der Waals surface area contributed by atoms with Crippen LogP contribution in [-0.2, 0) is 9.59 Å². The molecular formula is C21H28O4. The number of carbonyl (C=O) groups excluding carboxylic acids is 1. The van der Waals surface area contributed by atoms with Crippen LogP contribution in [0.2, 0.25) is 0 Å². The summed E-state index contributed by atoms with van der Waals surface area (Å²) >= 11 is 0. The number of aliphatic carboxylic acids is 1. The quantitative estimate of drug-likeness (QED) is 0.623. The molecule has 0 unspecified atom stereocenters. The maximum absolute atomic E-state index is 12.2. The summed E-state index contributed by atoms with van der Waals surface area (Å²) in [6.45, 7) is 0. The molecule has 136 valence electrons. The van der Waals surface area contributed by atoms with Crippen LogP contribution in [0, 0.1) is 11.8 Å². The zero-order chi connectivity index (χ0) is 18.1. The highest BCUT2D eigenvalue weighted by atomic mass is 16.5. The van der Waals surface area contributed by atoms with E-state index in [0.29, 0.717) is 18.1 Å². The molecule has 0 radical (unpaired) electrons. The number of ether oxygens (including phenoxy) is 1. The van der Waals surface area contributed by atoms with Crippen LogP contribution in [0.1, 0.15) is 56.9 Å². The van der Waals surface area contributed by atoms with Crippen LogP contribution in [0.4, 0.5) is 0 Å². The first-order valence-electron chi connectivity index (χ1n) is 9.17. The summed E-state index contributed by atoms with van der Waals surface area (Å²) in [5.41, 5.74) is 1.04. The van der Waals surface area contributed by atoms with Crippen LogP contribution in [-0.4, -0.2) is 24.0 Å². The zero-order valence-corrected chi connectivity index (χ0v) is 14.9. The molecule has 0 bridgehead atoms. The lowest BCUT2D eigenvalue weighted by atomic mass is 9.89. The second-order valence-electron chi connectivity index (χ2n) is 6.72. The standard InChI is InChI=1S/C21H28O4/c1-25-20-10-7-6-8-17(20)13-12-16-14-15-19(22)18(16)9-4-2-3-5-11-21(23)24/h6-8,10,12-13,16,18H,2-5,9,11,14-15H2,1H3,(H,23,24)/t16-,18+/m1/s1. The minimum atomic E-state index is -0.729. The molecule has 1 N–H and O–H groups in total. The summed E-state index contributed by atoms with van der Waals surface area (Å²) in [6, 6.07) is 7.89. The molecule has 0 amide bonds. The SMILES string of the molecule is COc1ccccc1C=C[C@@H]1CCC(=O)[C@H]1CCCCCCC(=O)O. The highest BCUT2D eigenvalue weighted by molar-refractivity contribution is 5.84. The third-order valence-electron chi connectivity index (χ3n) is 4.97. The highest BCUT2D eigenvalue weighted by Crippen LogP contribution is 2.34. The minimum Gasteiger partial charge on any atom is -0.496 e. The Labute approximate surface area is 149 Å². The Balaban J connectivity index is 1.84. The Morgan fingerprint density at radius 1 is 1.24 bits per heavy atom. The van der Waals surface area contributed by atoms with Crippen molar-refractivity contribution >= 4 is 17.8 Å². The predicted octanol–water partition coefficient (Wildman–Crippen LogP) is 4.73. The molecule has 0 saturated heterocycles. The van der Waals surface area contributed by atoms with Gasteiger partial charge in [0.25, 0.3) is 0 Å². The second-order valence-corrected chi connectivity index (χ2v) is 6.72. The monoisotopic (exact) mass is 344 g/mol. The van der Waals surface area contributed by atoms with Crippen molar-refractivity contribution in [3.8, 4) is 5.75 Å². The molecule has 1 fully saturated rings. The molecule has 25 heavy (non-hydrogen) atoms. The molecule has 1 aliphatic rings. The summed E-state index contributed by atoms with van der Waals surface area (Å²) in [5, 5.41) is 8.64. The molecule has 1 aromatic rings. The third kappa shape index (κ3) is 6.04. The van der Waals surface area contributed by atoms with E-state index in [0.717, 1.165) is 49.8 Å². The summed E-state index contributed by atoms with van der Waals surface area (Å²) in [6.07, 6.45) is 10.6. The number of carboxylic acid groups (broad SMARTS) is 1. The Hall–Kier alpha value is -2.10. The van der Waals surface area contributed by atoms with Crippen molar-refractivity contribution in [2.45, 2.75) is 51.4 Å². The second kappa shape index (κ2) is 10.0. The number of ketones is 1. The van der Waals surface area contributed by atoms with E-state index < -0.39 is 5.97 Å². The van der Waals surface area contributed by atoms with Gasteiger partial charge in [-0.3, -0.25) is 9.59 Å². The number of allylic oxidation sites excluding steroid dienone is 1. The summed E-state index contributed by atoms with van der Waals surface area (Å²) in [4.78, 5) is 22.7. The lowest BCUT2D eigenvalue weighted by Gasteiger charge is -2.15. The van der Waals surface area contributed by atoms with E-state index in [4.69, 9.17) is 9.84 Å². The molecule has 1 aliphatic carbocycles. The van der Waals surface area contributed by atoms with Gasteiger partial charge in [-0.25, -0.2) is 0 Å². The van der Waals surface area contributed by atoms with Gasteiger partial charge in [0, 0.05) is 24.3 Å². The van der Waals surface area contributed by atoms with Crippen molar-refractivity contribution in [1.82, 2.24) is 0 Å². The Kier molecular flexibility index (Phi) is 7.71. The van der Waals surface area contributed by atoms with E-state index in [1.165, 1.54) is 0 Å². The number of para-hydroxylation sites is 1. The predicted molar refractivity (Wildman–Crippen MR) is 98.6 cm³/mol. The fourth-order valence-electron chi connectivity index (χ4n) is 3.57. The topological polar surface area (TPSA) is 63.6 Å². The van der Waals surface area contributed by atoms with Crippen molar-refractivity contribution in [3.05, 3.63) is 35.9 Å². The van der Waals surface area contributed by atoms with E-state index in [-0.39, 0.29) is 12.3 Å². The van der Waals surface area contributed by atoms with E-state index in [2.05, 4.69) is 12.2 Å². The van der Waals surface area contributed by atoms with Crippen LogP contribution in [0.15, 0.2) is 30.3 Å². The molecular weight excluding hydrogens is 316 g/mol. The Bertz CT molecular complexity index is 606. The first-order valence-corrected chi connectivity index (χ1v) is 9.17. The van der Waals surface area contributed by atoms with Crippen LogP contribution in [0.3, 0.4) is 0 Å². The fourth-order valence-corrected chi connectivity index (χ4v) is 3.57. The number of carboxylic acids is 1. The van der Waals surface area contributed by atoms with Crippen molar-refractivity contribution in [3.63, 3.8) is 0 Å². The molecule has 1 aromatic carbocycles. The largest absolute Gasteiger partial charge is 0.496 e. The summed E-state index contributed by atoms with van der Waals surface area (Å²) < 4.78 is 5.37. The number of hydrogen-bond acceptors (Lipinski definition) is 3.